The Bertz CT molecular complexity index is 707. The van der Waals surface area contributed by atoms with Gasteiger partial charge in [-0.3, -0.25) is 4.79 Å². The first-order valence-electron chi connectivity index (χ1n) is 5.13. The van der Waals surface area contributed by atoms with Gasteiger partial charge in [0.05, 0.1) is 15.4 Å². The van der Waals surface area contributed by atoms with Crippen LogP contribution in [-0.4, -0.2) is 43.1 Å². The fourth-order valence-corrected chi connectivity index (χ4v) is 3.05. The van der Waals surface area contributed by atoms with Crippen LogP contribution in [0.3, 0.4) is 0 Å². The average Bonchev–Trinajstić information content (AvgIpc) is 2.36. The van der Waals surface area contributed by atoms with Crippen molar-refractivity contribution in [2.24, 2.45) is 0 Å². The fourth-order valence-electron chi connectivity index (χ4n) is 1.43. The van der Waals surface area contributed by atoms with Crippen LogP contribution in [-0.2, 0) is 19.9 Å². The second-order valence-corrected chi connectivity index (χ2v) is 7.59. The lowest BCUT2D eigenvalue weighted by Crippen LogP contribution is -2.23. The number of sulfonamides is 1. The summed E-state index contributed by atoms with van der Waals surface area (Å²) in [4.78, 5) is 11.3. The predicted molar refractivity (Wildman–Crippen MR) is 69.2 cm³/mol. The lowest BCUT2D eigenvalue weighted by atomic mass is 10.2. The van der Waals surface area contributed by atoms with Crippen molar-refractivity contribution in [2.75, 3.05) is 20.4 Å². The van der Waals surface area contributed by atoms with Crippen molar-refractivity contribution in [3.05, 3.63) is 23.8 Å². The standard InChI is InChI=1S/C10H14N2O5S2/c1-11-10(13)8-6-7(19(16,17)12-2)4-5-9(8)18(3,14)15/h4-6,12H,1-3H3,(H,11,13). The van der Waals surface area contributed by atoms with E-state index in [9.17, 15) is 21.6 Å². The van der Waals surface area contributed by atoms with Gasteiger partial charge < -0.3 is 5.32 Å². The number of rotatable bonds is 4. The summed E-state index contributed by atoms with van der Waals surface area (Å²) in [5.41, 5.74) is -0.207. The molecule has 2 N–H and O–H groups in total. The average molecular weight is 306 g/mol. The van der Waals surface area contributed by atoms with Gasteiger partial charge in [0.15, 0.2) is 9.84 Å². The van der Waals surface area contributed by atoms with Crippen molar-refractivity contribution in [3.63, 3.8) is 0 Å². The van der Waals surface area contributed by atoms with Crippen molar-refractivity contribution in [3.8, 4) is 0 Å². The Hall–Kier alpha value is -1.45. The molecule has 0 atom stereocenters. The van der Waals surface area contributed by atoms with Crippen LogP contribution in [0.25, 0.3) is 0 Å². The first kappa shape index (κ1) is 15.6. The molecule has 19 heavy (non-hydrogen) atoms. The summed E-state index contributed by atoms with van der Waals surface area (Å²) < 4.78 is 48.5. The quantitative estimate of drug-likeness (QED) is 0.769. The maximum atomic E-state index is 11.7. The van der Waals surface area contributed by atoms with E-state index in [1.165, 1.54) is 14.1 Å². The van der Waals surface area contributed by atoms with E-state index in [0.29, 0.717) is 0 Å². The lowest BCUT2D eigenvalue weighted by molar-refractivity contribution is 0.0959. The van der Waals surface area contributed by atoms with E-state index in [-0.39, 0.29) is 15.4 Å². The Morgan fingerprint density at radius 3 is 2.11 bits per heavy atom. The van der Waals surface area contributed by atoms with Gasteiger partial charge in [-0.05, 0) is 25.2 Å². The summed E-state index contributed by atoms with van der Waals surface area (Å²) in [6.07, 6.45) is 0.945. The summed E-state index contributed by atoms with van der Waals surface area (Å²) in [7, 11) is -4.83. The van der Waals surface area contributed by atoms with Crippen LogP contribution in [0.1, 0.15) is 10.4 Å². The molecule has 1 aromatic carbocycles. The number of hydrogen-bond acceptors (Lipinski definition) is 5. The van der Waals surface area contributed by atoms with Crippen LogP contribution < -0.4 is 10.0 Å². The van der Waals surface area contributed by atoms with E-state index < -0.39 is 25.8 Å². The van der Waals surface area contributed by atoms with Crippen molar-refractivity contribution in [2.45, 2.75) is 9.79 Å². The van der Waals surface area contributed by atoms with Gasteiger partial charge in [0, 0.05) is 13.3 Å². The molecule has 0 unspecified atom stereocenters. The van der Waals surface area contributed by atoms with E-state index in [0.717, 1.165) is 24.5 Å². The Morgan fingerprint density at radius 2 is 1.68 bits per heavy atom. The van der Waals surface area contributed by atoms with Gasteiger partial charge in [0.2, 0.25) is 10.0 Å². The summed E-state index contributed by atoms with van der Waals surface area (Å²) in [5.74, 6) is -0.673. The molecule has 0 radical (unpaired) electrons. The topological polar surface area (TPSA) is 109 Å². The molecule has 1 rings (SSSR count). The van der Waals surface area contributed by atoms with Gasteiger partial charge in [-0.1, -0.05) is 0 Å². The molecule has 0 fully saturated rings. The van der Waals surface area contributed by atoms with Crippen LogP contribution in [0, 0.1) is 0 Å². The number of nitrogens with one attached hydrogen (secondary N) is 2. The molecule has 0 saturated carbocycles. The molecule has 0 aliphatic heterocycles. The lowest BCUT2D eigenvalue weighted by Gasteiger charge is -2.09. The molecule has 1 aromatic rings. The van der Waals surface area contributed by atoms with Crippen LogP contribution in [0.15, 0.2) is 28.0 Å². The molecule has 0 aliphatic rings. The zero-order valence-corrected chi connectivity index (χ0v) is 12.2. The van der Waals surface area contributed by atoms with Gasteiger partial charge in [0.1, 0.15) is 0 Å². The molecule has 0 aromatic heterocycles. The summed E-state index contributed by atoms with van der Waals surface area (Å²) in [5, 5.41) is 2.27. The van der Waals surface area contributed by atoms with Crippen LogP contribution in [0.5, 0.6) is 0 Å². The minimum atomic E-state index is -3.75. The smallest absolute Gasteiger partial charge is 0.252 e. The van der Waals surface area contributed by atoms with Crippen molar-refractivity contribution in [1.29, 1.82) is 0 Å². The molecule has 7 nitrogen and oxygen atoms in total. The third-order valence-electron chi connectivity index (χ3n) is 2.40. The first-order chi connectivity index (χ1) is 8.63. The highest BCUT2D eigenvalue weighted by Crippen LogP contribution is 2.20. The molecule has 0 bridgehead atoms. The first-order valence-corrected chi connectivity index (χ1v) is 8.50. The molecule has 0 spiro atoms. The molecular formula is C10H14N2O5S2. The zero-order valence-electron chi connectivity index (χ0n) is 10.6. The monoisotopic (exact) mass is 306 g/mol. The van der Waals surface area contributed by atoms with E-state index in [1.807, 2.05) is 0 Å². The Labute approximate surface area is 112 Å². The van der Waals surface area contributed by atoms with E-state index in [1.54, 1.807) is 0 Å². The molecule has 0 heterocycles. The minimum Gasteiger partial charge on any atom is -0.355 e. The Kier molecular flexibility index (Phi) is 4.33. The van der Waals surface area contributed by atoms with E-state index in [4.69, 9.17) is 0 Å². The minimum absolute atomic E-state index is 0.180. The number of amides is 1. The number of hydrogen-bond donors (Lipinski definition) is 2. The summed E-state index contributed by atoms with van der Waals surface area (Å²) >= 11 is 0. The second kappa shape index (κ2) is 5.27. The van der Waals surface area contributed by atoms with Crippen molar-refractivity contribution < 1.29 is 21.6 Å². The maximum Gasteiger partial charge on any atom is 0.252 e. The van der Waals surface area contributed by atoms with Gasteiger partial charge >= 0.3 is 0 Å². The Morgan fingerprint density at radius 1 is 1.11 bits per heavy atom. The summed E-state index contributed by atoms with van der Waals surface area (Å²) in [6.45, 7) is 0. The third-order valence-corrected chi connectivity index (χ3v) is 4.97. The SMILES string of the molecule is CNC(=O)c1cc(S(=O)(=O)NC)ccc1S(C)(=O)=O. The van der Waals surface area contributed by atoms with Crippen molar-refractivity contribution in [1.82, 2.24) is 10.0 Å². The number of carbonyl (C=O) groups excluding carboxylic acids is 1. The Balaban J connectivity index is 3.63. The molecule has 0 saturated heterocycles. The van der Waals surface area contributed by atoms with Crippen LogP contribution in [0.2, 0.25) is 0 Å². The highest BCUT2D eigenvalue weighted by Gasteiger charge is 2.22. The molecule has 1 amide bonds. The third kappa shape index (κ3) is 3.31. The summed E-state index contributed by atoms with van der Waals surface area (Å²) in [6, 6.07) is 3.26. The number of sulfone groups is 1. The van der Waals surface area contributed by atoms with Crippen molar-refractivity contribution >= 4 is 25.8 Å². The number of benzene rings is 1. The van der Waals surface area contributed by atoms with Crippen LogP contribution >= 0.6 is 0 Å². The van der Waals surface area contributed by atoms with Gasteiger partial charge in [-0.15, -0.1) is 0 Å². The largest absolute Gasteiger partial charge is 0.355 e. The fraction of sp³-hybridized carbons (Fsp3) is 0.300. The molecular weight excluding hydrogens is 292 g/mol. The van der Waals surface area contributed by atoms with E-state index >= 15 is 0 Å². The predicted octanol–water partition coefficient (Wildman–Crippen LogP) is -0.642. The highest BCUT2D eigenvalue weighted by molar-refractivity contribution is 7.91. The molecule has 9 heteroatoms. The van der Waals surface area contributed by atoms with Gasteiger partial charge in [-0.2, -0.15) is 0 Å². The van der Waals surface area contributed by atoms with Crippen LogP contribution in [0.4, 0.5) is 0 Å². The van der Waals surface area contributed by atoms with Gasteiger partial charge in [0.25, 0.3) is 5.91 Å². The molecule has 106 valence electrons. The number of carbonyl (C=O) groups is 1. The highest BCUT2D eigenvalue weighted by atomic mass is 32.2. The zero-order chi connectivity index (χ0) is 14.8. The van der Waals surface area contributed by atoms with E-state index in [2.05, 4.69) is 10.0 Å². The maximum absolute atomic E-state index is 11.7. The molecule has 0 aliphatic carbocycles. The normalized spacial score (nSPS) is 12.2. The van der Waals surface area contributed by atoms with Gasteiger partial charge in [-0.25, -0.2) is 21.6 Å². The second-order valence-electron chi connectivity index (χ2n) is 3.72.